The molecule has 108 valence electrons. The molecular formula is C17H19N3O. The summed E-state index contributed by atoms with van der Waals surface area (Å²) in [5, 5.41) is 3.46. The first kappa shape index (κ1) is 13.6. The number of hydrogen-bond acceptors (Lipinski definition) is 3. The van der Waals surface area contributed by atoms with Crippen molar-refractivity contribution in [3.63, 3.8) is 0 Å². The number of fused-ring (bicyclic) bond motifs is 1. The number of benzene rings is 1. The van der Waals surface area contributed by atoms with Gasteiger partial charge in [0.25, 0.3) is 5.91 Å². The number of pyridine rings is 1. The van der Waals surface area contributed by atoms with Gasteiger partial charge in [0.1, 0.15) is 0 Å². The van der Waals surface area contributed by atoms with Crippen molar-refractivity contribution in [3.05, 3.63) is 53.9 Å². The maximum Gasteiger partial charge on any atom is 0.259 e. The molecule has 0 aliphatic carbocycles. The third-order valence-electron chi connectivity index (χ3n) is 3.79. The lowest BCUT2D eigenvalue weighted by molar-refractivity contribution is 0.0986. The Morgan fingerprint density at radius 3 is 2.86 bits per heavy atom. The number of nitrogens with zero attached hydrogens (tertiary/aromatic N) is 2. The largest absolute Gasteiger partial charge is 0.381 e. The molecule has 0 saturated heterocycles. The number of para-hydroxylation sites is 2. The normalized spacial score (nSPS) is 17.6. The Kier molecular flexibility index (Phi) is 3.60. The van der Waals surface area contributed by atoms with E-state index in [0.29, 0.717) is 18.2 Å². The fraction of sp³-hybridized carbons (Fsp3) is 0.294. The van der Waals surface area contributed by atoms with Crippen molar-refractivity contribution in [2.24, 2.45) is 0 Å². The van der Waals surface area contributed by atoms with Gasteiger partial charge in [-0.3, -0.25) is 9.78 Å². The Bertz CT molecular complexity index is 651. The first-order chi connectivity index (χ1) is 10.1. The molecule has 1 amide bonds. The van der Waals surface area contributed by atoms with Crippen LogP contribution in [-0.4, -0.2) is 23.5 Å². The van der Waals surface area contributed by atoms with Crippen molar-refractivity contribution in [1.29, 1.82) is 0 Å². The van der Waals surface area contributed by atoms with Gasteiger partial charge in [-0.1, -0.05) is 12.1 Å². The van der Waals surface area contributed by atoms with Gasteiger partial charge < -0.3 is 10.2 Å². The van der Waals surface area contributed by atoms with Gasteiger partial charge in [-0.05, 0) is 44.5 Å². The Hall–Kier alpha value is -2.36. The van der Waals surface area contributed by atoms with Crippen LogP contribution in [-0.2, 0) is 0 Å². The van der Waals surface area contributed by atoms with E-state index in [1.165, 1.54) is 0 Å². The fourth-order valence-electron chi connectivity index (χ4n) is 2.57. The van der Waals surface area contributed by atoms with Crippen molar-refractivity contribution in [2.75, 3.05) is 16.8 Å². The summed E-state index contributed by atoms with van der Waals surface area (Å²) in [7, 11) is 0. The summed E-state index contributed by atoms with van der Waals surface area (Å²) in [6.45, 7) is 4.76. The van der Waals surface area contributed by atoms with Crippen LogP contribution in [0.25, 0.3) is 0 Å². The number of nitrogens with one attached hydrogen (secondary N) is 1. The predicted octanol–water partition coefficient (Wildman–Crippen LogP) is 3.24. The van der Waals surface area contributed by atoms with Crippen LogP contribution in [0.2, 0.25) is 0 Å². The Morgan fingerprint density at radius 1 is 1.29 bits per heavy atom. The molecule has 1 aromatic heterocycles. The average molecular weight is 281 g/mol. The first-order valence-electron chi connectivity index (χ1n) is 7.25. The molecule has 21 heavy (non-hydrogen) atoms. The maximum atomic E-state index is 12.8. The van der Waals surface area contributed by atoms with Gasteiger partial charge in [0.15, 0.2) is 0 Å². The SMILES string of the molecule is Cc1ccc(C(=O)N2CCC(C)Nc3ccccc32)cn1. The minimum absolute atomic E-state index is 0.00542. The number of carbonyl (C=O) groups excluding carboxylic acids is 1. The van der Waals surface area contributed by atoms with Crippen LogP contribution < -0.4 is 10.2 Å². The monoisotopic (exact) mass is 281 g/mol. The number of aryl methyl sites for hydroxylation is 1. The summed E-state index contributed by atoms with van der Waals surface area (Å²) in [5.41, 5.74) is 3.49. The number of anilines is 2. The highest BCUT2D eigenvalue weighted by atomic mass is 16.2. The second kappa shape index (κ2) is 5.56. The topological polar surface area (TPSA) is 45.2 Å². The second-order valence-electron chi connectivity index (χ2n) is 5.50. The lowest BCUT2D eigenvalue weighted by Crippen LogP contribution is -2.32. The highest BCUT2D eigenvalue weighted by Gasteiger charge is 2.24. The van der Waals surface area contributed by atoms with Crippen molar-refractivity contribution in [2.45, 2.75) is 26.3 Å². The zero-order valence-electron chi connectivity index (χ0n) is 12.3. The third kappa shape index (κ3) is 2.75. The van der Waals surface area contributed by atoms with Crippen LogP contribution in [0, 0.1) is 6.92 Å². The molecule has 0 saturated carbocycles. The second-order valence-corrected chi connectivity index (χ2v) is 5.50. The Balaban J connectivity index is 1.97. The number of carbonyl (C=O) groups is 1. The van der Waals surface area contributed by atoms with Gasteiger partial charge in [-0.2, -0.15) is 0 Å². The lowest BCUT2D eigenvalue weighted by Gasteiger charge is -2.22. The van der Waals surface area contributed by atoms with Crippen molar-refractivity contribution < 1.29 is 4.79 Å². The molecule has 0 bridgehead atoms. The fourth-order valence-corrected chi connectivity index (χ4v) is 2.57. The quantitative estimate of drug-likeness (QED) is 0.872. The minimum Gasteiger partial charge on any atom is -0.381 e. The molecule has 4 heteroatoms. The highest BCUT2D eigenvalue weighted by Crippen LogP contribution is 2.30. The molecule has 0 spiro atoms. The molecule has 1 atom stereocenters. The summed E-state index contributed by atoms with van der Waals surface area (Å²) in [6.07, 6.45) is 2.57. The molecule has 1 aliphatic heterocycles. The van der Waals surface area contributed by atoms with E-state index in [0.717, 1.165) is 23.5 Å². The smallest absolute Gasteiger partial charge is 0.259 e. The molecular weight excluding hydrogens is 262 g/mol. The number of hydrogen-bond donors (Lipinski definition) is 1. The van der Waals surface area contributed by atoms with Crippen molar-refractivity contribution in [1.82, 2.24) is 4.98 Å². The first-order valence-corrected chi connectivity index (χ1v) is 7.25. The molecule has 1 N–H and O–H groups in total. The summed E-state index contributed by atoms with van der Waals surface area (Å²) in [6, 6.07) is 12.0. The summed E-state index contributed by atoms with van der Waals surface area (Å²) in [5.74, 6) is 0.00542. The van der Waals surface area contributed by atoms with E-state index < -0.39 is 0 Å². The molecule has 1 aliphatic rings. The zero-order chi connectivity index (χ0) is 14.8. The molecule has 1 unspecified atom stereocenters. The van der Waals surface area contributed by atoms with E-state index in [1.54, 1.807) is 6.20 Å². The van der Waals surface area contributed by atoms with E-state index in [-0.39, 0.29) is 5.91 Å². The van der Waals surface area contributed by atoms with Crippen molar-refractivity contribution in [3.8, 4) is 0 Å². The van der Waals surface area contributed by atoms with Crippen molar-refractivity contribution >= 4 is 17.3 Å². The highest BCUT2D eigenvalue weighted by molar-refractivity contribution is 6.07. The molecule has 2 aromatic rings. The van der Waals surface area contributed by atoms with E-state index in [1.807, 2.05) is 48.2 Å². The Morgan fingerprint density at radius 2 is 2.10 bits per heavy atom. The van der Waals surface area contributed by atoms with Gasteiger partial charge in [-0.25, -0.2) is 0 Å². The van der Waals surface area contributed by atoms with E-state index in [4.69, 9.17) is 0 Å². The molecule has 0 radical (unpaired) electrons. The number of rotatable bonds is 1. The van der Waals surface area contributed by atoms with Crippen LogP contribution >= 0.6 is 0 Å². The molecule has 0 fully saturated rings. The van der Waals surface area contributed by atoms with Gasteiger partial charge >= 0.3 is 0 Å². The summed E-state index contributed by atoms with van der Waals surface area (Å²) < 4.78 is 0. The number of aromatic nitrogens is 1. The molecule has 1 aromatic carbocycles. The van der Waals surface area contributed by atoms with Crippen LogP contribution in [0.15, 0.2) is 42.6 Å². The number of amides is 1. The van der Waals surface area contributed by atoms with E-state index >= 15 is 0 Å². The lowest BCUT2D eigenvalue weighted by atomic mass is 10.2. The maximum absolute atomic E-state index is 12.8. The summed E-state index contributed by atoms with van der Waals surface area (Å²) in [4.78, 5) is 18.9. The third-order valence-corrected chi connectivity index (χ3v) is 3.79. The van der Waals surface area contributed by atoms with Gasteiger partial charge in [0, 0.05) is 24.5 Å². The molecule has 3 rings (SSSR count). The van der Waals surface area contributed by atoms with E-state index in [2.05, 4.69) is 17.2 Å². The van der Waals surface area contributed by atoms with Gasteiger partial charge in [0.2, 0.25) is 0 Å². The Labute approximate surface area is 124 Å². The minimum atomic E-state index is 0.00542. The van der Waals surface area contributed by atoms with Crippen LogP contribution in [0.4, 0.5) is 11.4 Å². The summed E-state index contributed by atoms with van der Waals surface area (Å²) >= 11 is 0. The standard InChI is InChI=1S/C17H19N3O/c1-12-7-8-14(11-18-12)17(21)20-10-9-13(2)19-15-5-3-4-6-16(15)20/h3-8,11,13,19H,9-10H2,1-2H3. The zero-order valence-corrected chi connectivity index (χ0v) is 12.3. The van der Waals surface area contributed by atoms with Crippen LogP contribution in [0.5, 0.6) is 0 Å². The molecule has 4 nitrogen and oxygen atoms in total. The van der Waals surface area contributed by atoms with E-state index in [9.17, 15) is 4.79 Å². The van der Waals surface area contributed by atoms with Gasteiger partial charge in [-0.15, -0.1) is 0 Å². The van der Waals surface area contributed by atoms with Gasteiger partial charge in [0.05, 0.1) is 16.9 Å². The predicted molar refractivity (Wildman–Crippen MR) is 84.8 cm³/mol. The van der Waals surface area contributed by atoms with Crippen LogP contribution in [0.3, 0.4) is 0 Å². The average Bonchev–Trinajstić information content (AvgIpc) is 2.65. The molecule has 2 heterocycles. The van der Waals surface area contributed by atoms with Crippen LogP contribution in [0.1, 0.15) is 29.4 Å².